The molecule has 0 saturated heterocycles. The number of carbonyl (C=O) groups excluding carboxylic acids is 2. The minimum Gasteiger partial charge on any atom is -0.301 e. The molecule has 26 heavy (non-hydrogen) atoms. The van der Waals surface area contributed by atoms with Crippen LogP contribution in [0.25, 0.3) is 0 Å². The number of hydrogen-bond donors (Lipinski definition) is 1. The molecule has 1 aromatic heterocycles. The number of nitrogens with zero attached hydrogens (tertiary/aromatic N) is 2. The van der Waals surface area contributed by atoms with Crippen LogP contribution in [-0.2, 0) is 6.42 Å². The van der Waals surface area contributed by atoms with Gasteiger partial charge in [0.05, 0.1) is 11.1 Å². The lowest BCUT2D eigenvalue weighted by Crippen LogP contribution is -2.31. The van der Waals surface area contributed by atoms with Crippen LogP contribution in [0.1, 0.15) is 52.6 Å². The fourth-order valence-electron chi connectivity index (χ4n) is 2.87. The highest BCUT2D eigenvalue weighted by atomic mass is 32.2. The molecule has 2 aromatic rings. The summed E-state index contributed by atoms with van der Waals surface area (Å²) < 4.78 is 0. The molecule has 0 aliphatic carbocycles. The van der Waals surface area contributed by atoms with Crippen LogP contribution < -0.4 is 5.56 Å². The summed E-state index contributed by atoms with van der Waals surface area (Å²) in [6, 6.07) is 8.42. The average molecular weight is 371 g/mol. The highest BCUT2D eigenvalue weighted by Crippen LogP contribution is 2.23. The smallest absolute Gasteiger partial charge is 0.261 e. The predicted octanol–water partition coefficient (Wildman–Crippen LogP) is 2.89. The van der Waals surface area contributed by atoms with Gasteiger partial charge in [-0.1, -0.05) is 37.2 Å². The number of H-pyrrole nitrogens is 1. The van der Waals surface area contributed by atoms with Gasteiger partial charge in [-0.05, 0) is 31.4 Å². The first-order valence-electron chi connectivity index (χ1n) is 8.78. The Balaban J connectivity index is 1.54. The van der Waals surface area contributed by atoms with E-state index in [1.54, 1.807) is 30.3 Å². The first kappa shape index (κ1) is 18.4. The van der Waals surface area contributed by atoms with Crippen LogP contribution in [0, 0.1) is 0 Å². The molecular weight excluding hydrogens is 350 g/mol. The monoisotopic (exact) mass is 371 g/mol. The van der Waals surface area contributed by atoms with Crippen molar-refractivity contribution in [2.45, 2.75) is 37.8 Å². The second-order valence-corrected chi connectivity index (χ2v) is 7.24. The van der Waals surface area contributed by atoms with Crippen LogP contribution in [0.3, 0.4) is 0 Å². The number of rotatable bonds is 8. The second-order valence-electron chi connectivity index (χ2n) is 6.15. The standard InChI is InChI=1S/C19H21N3O3S/c1-2-3-7-13-12-16(23)21-19(20-13)26-11-6-10-22-17(24)14-8-4-5-9-15(14)18(22)25/h4-5,8-9,12H,2-3,6-7,10-11H2,1H3,(H,20,21,23). The zero-order valence-corrected chi connectivity index (χ0v) is 15.5. The van der Waals surface area contributed by atoms with Crippen LogP contribution in [0.15, 0.2) is 40.3 Å². The Labute approximate surface area is 156 Å². The van der Waals surface area contributed by atoms with E-state index in [0.717, 1.165) is 25.0 Å². The zero-order chi connectivity index (χ0) is 18.5. The quantitative estimate of drug-likeness (QED) is 0.334. The number of benzene rings is 1. The molecule has 3 rings (SSSR count). The van der Waals surface area contributed by atoms with Gasteiger partial charge in [-0.15, -0.1) is 0 Å². The number of fused-ring (bicyclic) bond motifs is 1. The third kappa shape index (κ3) is 4.04. The number of carbonyl (C=O) groups is 2. The summed E-state index contributed by atoms with van der Waals surface area (Å²) >= 11 is 1.44. The summed E-state index contributed by atoms with van der Waals surface area (Å²) in [5, 5.41) is 0.589. The lowest BCUT2D eigenvalue weighted by Gasteiger charge is -2.13. The third-order valence-corrected chi connectivity index (χ3v) is 5.16. The fraction of sp³-hybridized carbons (Fsp3) is 0.368. The van der Waals surface area contributed by atoms with Crippen molar-refractivity contribution in [3.63, 3.8) is 0 Å². The van der Waals surface area contributed by atoms with Gasteiger partial charge < -0.3 is 4.98 Å². The molecule has 0 spiro atoms. The number of aromatic nitrogens is 2. The maximum atomic E-state index is 12.3. The SMILES string of the molecule is CCCCc1cc(=O)[nH]c(SCCCN2C(=O)c3ccccc3C2=O)n1. The van der Waals surface area contributed by atoms with Crippen LogP contribution in [0.4, 0.5) is 0 Å². The number of nitrogens with one attached hydrogen (secondary N) is 1. The molecule has 2 amide bonds. The lowest BCUT2D eigenvalue weighted by molar-refractivity contribution is 0.0655. The molecule has 1 aliphatic heterocycles. The molecule has 2 heterocycles. The van der Waals surface area contributed by atoms with Crippen molar-refractivity contribution >= 4 is 23.6 Å². The van der Waals surface area contributed by atoms with Gasteiger partial charge in [0, 0.05) is 24.1 Å². The molecule has 0 saturated carbocycles. The maximum absolute atomic E-state index is 12.3. The van der Waals surface area contributed by atoms with Crippen molar-refractivity contribution in [2.24, 2.45) is 0 Å². The fourth-order valence-corrected chi connectivity index (χ4v) is 3.69. The summed E-state index contributed by atoms with van der Waals surface area (Å²) in [7, 11) is 0. The van der Waals surface area contributed by atoms with E-state index in [1.165, 1.54) is 16.7 Å². The van der Waals surface area contributed by atoms with Crippen molar-refractivity contribution in [1.29, 1.82) is 0 Å². The zero-order valence-electron chi connectivity index (χ0n) is 14.7. The van der Waals surface area contributed by atoms with Gasteiger partial charge >= 0.3 is 0 Å². The van der Waals surface area contributed by atoms with Crippen LogP contribution in [0.5, 0.6) is 0 Å². The topological polar surface area (TPSA) is 83.1 Å². The molecule has 1 N–H and O–H groups in total. The van der Waals surface area contributed by atoms with E-state index >= 15 is 0 Å². The van der Waals surface area contributed by atoms with Gasteiger partial charge in [0.2, 0.25) is 0 Å². The van der Waals surface area contributed by atoms with Gasteiger partial charge in [-0.3, -0.25) is 19.3 Å². The van der Waals surface area contributed by atoms with E-state index in [9.17, 15) is 14.4 Å². The Morgan fingerprint density at radius 1 is 1.08 bits per heavy atom. The molecule has 1 aromatic carbocycles. The van der Waals surface area contributed by atoms with Crippen molar-refractivity contribution in [2.75, 3.05) is 12.3 Å². The third-order valence-electron chi connectivity index (χ3n) is 4.20. The van der Waals surface area contributed by atoms with E-state index in [-0.39, 0.29) is 17.4 Å². The second kappa shape index (κ2) is 8.31. The number of hydrogen-bond acceptors (Lipinski definition) is 5. The number of aromatic amines is 1. The molecule has 136 valence electrons. The van der Waals surface area contributed by atoms with Crippen LogP contribution in [-0.4, -0.2) is 39.0 Å². The average Bonchev–Trinajstić information content (AvgIpc) is 2.88. The van der Waals surface area contributed by atoms with Crippen LogP contribution in [0.2, 0.25) is 0 Å². The first-order valence-corrected chi connectivity index (χ1v) is 9.77. The van der Waals surface area contributed by atoms with Crippen molar-refractivity contribution in [3.05, 3.63) is 57.5 Å². The van der Waals surface area contributed by atoms with Crippen molar-refractivity contribution in [3.8, 4) is 0 Å². The van der Waals surface area contributed by atoms with E-state index in [0.29, 0.717) is 35.0 Å². The van der Waals surface area contributed by atoms with Gasteiger partial charge in [0.1, 0.15) is 0 Å². The molecule has 0 atom stereocenters. The molecule has 0 bridgehead atoms. The van der Waals surface area contributed by atoms with Gasteiger partial charge in [-0.2, -0.15) is 0 Å². The minimum absolute atomic E-state index is 0.144. The number of imide groups is 1. The normalized spacial score (nSPS) is 13.3. The Bertz CT molecular complexity index is 843. The summed E-state index contributed by atoms with van der Waals surface area (Å²) in [6.07, 6.45) is 3.49. The Kier molecular flexibility index (Phi) is 5.88. The van der Waals surface area contributed by atoms with Gasteiger partial charge in [0.15, 0.2) is 5.16 Å². The first-order chi connectivity index (χ1) is 12.6. The molecule has 1 aliphatic rings. The van der Waals surface area contributed by atoms with E-state index in [1.807, 2.05) is 0 Å². The van der Waals surface area contributed by atoms with E-state index in [4.69, 9.17) is 0 Å². The summed E-state index contributed by atoms with van der Waals surface area (Å²) in [5.41, 5.74) is 1.60. The molecule has 6 nitrogen and oxygen atoms in total. The lowest BCUT2D eigenvalue weighted by atomic mass is 10.1. The number of unbranched alkanes of at least 4 members (excludes halogenated alkanes) is 1. The molecule has 0 fully saturated rings. The molecule has 0 radical (unpaired) electrons. The summed E-state index contributed by atoms with van der Waals surface area (Å²) in [4.78, 5) is 44.8. The minimum atomic E-state index is -0.233. The maximum Gasteiger partial charge on any atom is 0.261 e. The van der Waals surface area contributed by atoms with Crippen LogP contribution >= 0.6 is 11.8 Å². The number of aryl methyl sites for hydroxylation is 1. The van der Waals surface area contributed by atoms with Gasteiger partial charge in [-0.25, -0.2) is 4.98 Å². The highest BCUT2D eigenvalue weighted by Gasteiger charge is 2.34. The summed E-state index contributed by atoms with van der Waals surface area (Å²) in [5.74, 6) is 0.195. The predicted molar refractivity (Wildman–Crippen MR) is 101 cm³/mol. The molecule has 7 heteroatoms. The number of amides is 2. The van der Waals surface area contributed by atoms with Crippen molar-refractivity contribution in [1.82, 2.24) is 14.9 Å². The molecule has 0 unspecified atom stereocenters. The Morgan fingerprint density at radius 3 is 2.42 bits per heavy atom. The summed E-state index contributed by atoms with van der Waals surface area (Å²) in [6.45, 7) is 2.46. The van der Waals surface area contributed by atoms with E-state index < -0.39 is 0 Å². The van der Waals surface area contributed by atoms with Crippen molar-refractivity contribution < 1.29 is 9.59 Å². The van der Waals surface area contributed by atoms with Gasteiger partial charge in [0.25, 0.3) is 17.4 Å². The highest BCUT2D eigenvalue weighted by molar-refractivity contribution is 7.99. The number of thioether (sulfide) groups is 1. The Hall–Kier alpha value is -2.41. The Morgan fingerprint density at radius 2 is 1.77 bits per heavy atom. The largest absolute Gasteiger partial charge is 0.301 e. The van der Waals surface area contributed by atoms with E-state index in [2.05, 4.69) is 16.9 Å². The molecular formula is C19H21N3O3S.